The predicted molar refractivity (Wildman–Crippen MR) is 53.1 cm³/mol. The molecule has 3 heteroatoms. The van der Waals surface area contributed by atoms with E-state index in [0.717, 1.165) is 32.1 Å². The van der Waals surface area contributed by atoms with Crippen molar-refractivity contribution in [2.75, 3.05) is 7.11 Å². The van der Waals surface area contributed by atoms with Crippen LogP contribution in [0.2, 0.25) is 0 Å². The van der Waals surface area contributed by atoms with E-state index in [0.29, 0.717) is 12.2 Å². The molecule has 0 saturated carbocycles. The van der Waals surface area contributed by atoms with Gasteiger partial charge in [0.25, 0.3) is 0 Å². The van der Waals surface area contributed by atoms with Crippen LogP contribution in [0.15, 0.2) is 0 Å². The second-order valence-electron chi connectivity index (χ2n) is 4.20. The van der Waals surface area contributed by atoms with Crippen molar-refractivity contribution in [2.45, 2.75) is 63.6 Å². The van der Waals surface area contributed by atoms with E-state index in [1.165, 1.54) is 0 Å². The first kappa shape index (κ1) is 10.4. The fourth-order valence-corrected chi connectivity index (χ4v) is 2.39. The maximum absolute atomic E-state index is 5.95. The molecule has 2 aliphatic rings. The zero-order chi connectivity index (χ0) is 9.97. The number of rotatable bonds is 2. The summed E-state index contributed by atoms with van der Waals surface area (Å²) in [5, 5.41) is 0. The van der Waals surface area contributed by atoms with Crippen molar-refractivity contribution < 1.29 is 14.2 Å². The summed E-state index contributed by atoms with van der Waals surface area (Å²) in [4.78, 5) is 0. The van der Waals surface area contributed by atoms with Gasteiger partial charge in [-0.15, -0.1) is 0 Å². The molecule has 0 amide bonds. The molecule has 0 aromatic carbocycles. The molecule has 4 atom stereocenters. The Kier molecular flexibility index (Phi) is 3.42. The molecular formula is C11H20O3. The molecule has 0 aliphatic carbocycles. The molecule has 0 aromatic rings. The van der Waals surface area contributed by atoms with Gasteiger partial charge >= 0.3 is 0 Å². The van der Waals surface area contributed by atoms with E-state index in [4.69, 9.17) is 14.2 Å². The van der Waals surface area contributed by atoms with Gasteiger partial charge in [0, 0.05) is 13.5 Å². The van der Waals surface area contributed by atoms with E-state index < -0.39 is 0 Å². The predicted octanol–water partition coefficient (Wildman–Crippen LogP) is 2.10. The first-order valence-corrected chi connectivity index (χ1v) is 5.67. The Hall–Kier alpha value is -0.120. The quantitative estimate of drug-likeness (QED) is 0.683. The SMILES string of the molecule is CC[C@@H]1CCC2O[C@@H](OC)CCC2O1. The average molecular weight is 200 g/mol. The van der Waals surface area contributed by atoms with Crippen LogP contribution in [0.4, 0.5) is 0 Å². The third-order valence-corrected chi connectivity index (χ3v) is 3.29. The van der Waals surface area contributed by atoms with Gasteiger partial charge in [0.15, 0.2) is 6.29 Å². The lowest BCUT2D eigenvalue weighted by Crippen LogP contribution is -2.46. The highest BCUT2D eigenvalue weighted by atomic mass is 16.7. The van der Waals surface area contributed by atoms with Gasteiger partial charge in [-0.25, -0.2) is 0 Å². The lowest BCUT2D eigenvalue weighted by Gasteiger charge is -2.41. The maximum Gasteiger partial charge on any atom is 0.157 e. The molecule has 0 radical (unpaired) electrons. The van der Waals surface area contributed by atoms with Crippen LogP contribution in [0.5, 0.6) is 0 Å². The van der Waals surface area contributed by atoms with E-state index >= 15 is 0 Å². The van der Waals surface area contributed by atoms with Crippen molar-refractivity contribution >= 4 is 0 Å². The smallest absolute Gasteiger partial charge is 0.157 e. The summed E-state index contributed by atoms with van der Waals surface area (Å²) >= 11 is 0. The molecule has 2 fully saturated rings. The molecule has 2 rings (SSSR count). The van der Waals surface area contributed by atoms with Crippen LogP contribution in [0, 0.1) is 0 Å². The Morgan fingerprint density at radius 3 is 2.50 bits per heavy atom. The zero-order valence-electron chi connectivity index (χ0n) is 9.07. The van der Waals surface area contributed by atoms with E-state index in [1.54, 1.807) is 7.11 Å². The van der Waals surface area contributed by atoms with Gasteiger partial charge < -0.3 is 14.2 Å². The summed E-state index contributed by atoms with van der Waals surface area (Å²) < 4.78 is 17.0. The minimum absolute atomic E-state index is 0.00183. The van der Waals surface area contributed by atoms with Gasteiger partial charge in [0.05, 0.1) is 18.3 Å². The molecular weight excluding hydrogens is 180 g/mol. The van der Waals surface area contributed by atoms with Crippen molar-refractivity contribution in [3.05, 3.63) is 0 Å². The standard InChI is InChI=1S/C11H20O3/c1-3-8-4-5-10-9(13-8)6-7-11(12-2)14-10/h8-11H,3-7H2,1-2H3/t8-,9?,10?,11-/m1/s1. The van der Waals surface area contributed by atoms with Crippen molar-refractivity contribution in [3.63, 3.8) is 0 Å². The van der Waals surface area contributed by atoms with E-state index in [2.05, 4.69) is 6.92 Å². The molecule has 82 valence electrons. The summed E-state index contributed by atoms with van der Waals surface area (Å²) in [6.07, 6.45) is 6.48. The molecule has 14 heavy (non-hydrogen) atoms. The number of hydrogen-bond acceptors (Lipinski definition) is 3. The Morgan fingerprint density at radius 1 is 1.07 bits per heavy atom. The Bertz CT molecular complexity index is 163. The Morgan fingerprint density at radius 2 is 1.79 bits per heavy atom. The molecule has 0 spiro atoms. The molecule has 2 aliphatic heterocycles. The van der Waals surface area contributed by atoms with Crippen LogP contribution in [-0.2, 0) is 14.2 Å². The molecule has 0 N–H and O–H groups in total. The zero-order valence-corrected chi connectivity index (χ0v) is 9.07. The third kappa shape index (κ3) is 2.10. The maximum atomic E-state index is 5.95. The van der Waals surface area contributed by atoms with Crippen LogP contribution in [-0.4, -0.2) is 31.7 Å². The van der Waals surface area contributed by atoms with Gasteiger partial charge in [-0.1, -0.05) is 6.92 Å². The van der Waals surface area contributed by atoms with E-state index in [9.17, 15) is 0 Å². The Balaban J connectivity index is 1.88. The van der Waals surface area contributed by atoms with E-state index in [1.807, 2.05) is 0 Å². The van der Waals surface area contributed by atoms with Crippen molar-refractivity contribution in [3.8, 4) is 0 Å². The monoisotopic (exact) mass is 200 g/mol. The molecule has 0 bridgehead atoms. The average Bonchev–Trinajstić information content (AvgIpc) is 2.27. The summed E-state index contributed by atoms with van der Waals surface area (Å²) in [7, 11) is 1.71. The number of methoxy groups -OCH3 is 1. The minimum atomic E-state index is -0.00183. The van der Waals surface area contributed by atoms with Gasteiger partial charge in [0.2, 0.25) is 0 Å². The highest BCUT2D eigenvalue weighted by Gasteiger charge is 2.36. The Labute approximate surface area is 85.7 Å². The summed E-state index contributed by atoms with van der Waals surface area (Å²) in [5.74, 6) is 0. The fourth-order valence-electron chi connectivity index (χ4n) is 2.39. The second-order valence-corrected chi connectivity index (χ2v) is 4.20. The van der Waals surface area contributed by atoms with Gasteiger partial charge in [-0.2, -0.15) is 0 Å². The first-order valence-electron chi connectivity index (χ1n) is 5.67. The topological polar surface area (TPSA) is 27.7 Å². The first-order chi connectivity index (χ1) is 6.83. The lowest BCUT2D eigenvalue weighted by atomic mass is 9.94. The molecule has 0 aromatic heterocycles. The largest absolute Gasteiger partial charge is 0.372 e. The van der Waals surface area contributed by atoms with Crippen LogP contribution >= 0.6 is 0 Å². The number of ether oxygens (including phenoxy) is 3. The molecule has 2 heterocycles. The van der Waals surface area contributed by atoms with Gasteiger partial charge in [-0.05, 0) is 25.7 Å². The minimum Gasteiger partial charge on any atom is -0.372 e. The third-order valence-electron chi connectivity index (χ3n) is 3.29. The summed E-state index contributed by atoms with van der Waals surface area (Å²) in [6, 6.07) is 0. The van der Waals surface area contributed by atoms with Crippen molar-refractivity contribution in [1.29, 1.82) is 0 Å². The van der Waals surface area contributed by atoms with Crippen molar-refractivity contribution in [2.24, 2.45) is 0 Å². The highest BCUT2D eigenvalue weighted by Crippen LogP contribution is 2.32. The molecule has 3 nitrogen and oxygen atoms in total. The van der Waals surface area contributed by atoms with Crippen LogP contribution in [0.1, 0.15) is 39.0 Å². The van der Waals surface area contributed by atoms with E-state index in [-0.39, 0.29) is 12.4 Å². The van der Waals surface area contributed by atoms with Crippen LogP contribution in [0.25, 0.3) is 0 Å². The normalized spacial score (nSPS) is 43.3. The number of hydrogen-bond donors (Lipinski definition) is 0. The van der Waals surface area contributed by atoms with Crippen LogP contribution < -0.4 is 0 Å². The van der Waals surface area contributed by atoms with Gasteiger partial charge in [0.1, 0.15) is 0 Å². The number of fused-ring (bicyclic) bond motifs is 1. The fraction of sp³-hybridized carbons (Fsp3) is 1.00. The van der Waals surface area contributed by atoms with Crippen LogP contribution in [0.3, 0.4) is 0 Å². The second kappa shape index (κ2) is 4.60. The molecule has 2 saturated heterocycles. The highest BCUT2D eigenvalue weighted by molar-refractivity contribution is 4.83. The molecule has 2 unspecified atom stereocenters. The summed E-state index contributed by atoms with van der Waals surface area (Å²) in [5.41, 5.74) is 0. The van der Waals surface area contributed by atoms with Crippen molar-refractivity contribution in [1.82, 2.24) is 0 Å². The lowest BCUT2D eigenvalue weighted by molar-refractivity contribution is -0.246. The summed E-state index contributed by atoms with van der Waals surface area (Å²) in [6.45, 7) is 2.19. The van der Waals surface area contributed by atoms with Gasteiger partial charge in [-0.3, -0.25) is 0 Å².